The van der Waals surface area contributed by atoms with Gasteiger partial charge < -0.3 is 16.2 Å². The molecule has 3 heterocycles. The van der Waals surface area contributed by atoms with Crippen molar-refractivity contribution in [2.45, 2.75) is 24.8 Å². The molecule has 156 valence electrons. The number of nitrogens with zero attached hydrogens (tertiary/aromatic N) is 5. The Labute approximate surface area is 171 Å². The molecule has 5 N–H and O–H groups in total. The van der Waals surface area contributed by atoms with Crippen LogP contribution in [0, 0.1) is 5.41 Å². The van der Waals surface area contributed by atoms with Crippen molar-refractivity contribution in [2.24, 2.45) is 5.41 Å². The molecule has 1 atom stereocenters. The van der Waals surface area contributed by atoms with Gasteiger partial charge >= 0.3 is 0 Å². The molecular weight excluding hydrogens is 416 g/mol. The number of anilines is 2. The highest BCUT2D eigenvalue weighted by Gasteiger charge is 2.27. The molecule has 0 spiro atoms. The highest BCUT2D eigenvalue weighted by molar-refractivity contribution is 7.89. The summed E-state index contributed by atoms with van der Waals surface area (Å²) in [6.07, 6.45) is 4.95. The van der Waals surface area contributed by atoms with Crippen molar-refractivity contribution >= 4 is 38.0 Å². The number of aromatic nitrogens is 5. The van der Waals surface area contributed by atoms with Crippen LogP contribution in [0.1, 0.15) is 18.4 Å². The number of sulfonamides is 1. The number of aliphatic hydroxyl groups is 1. The molecule has 0 aliphatic rings. The van der Waals surface area contributed by atoms with E-state index in [0.29, 0.717) is 28.9 Å². The molecule has 11 nitrogen and oxygen atoms in total. The van der Waals surface area contributed by atoms with Gasteiger partial charge in [0.05, 0.1) is 12.7 Å². The first-order valence-corrected chi connectivity index (χ1v) is 10.9. The number of aliphatic hydroxyl groups excluding tert-OH is 1. The molecule has 0 aliphatic heterocycles. The number of nitrogen functional groups attached to an aromatic ring is 1. The van der Waals surface area contributed by atoms with E-state index in [9.17, 15) is 13.5 Å². The van der Waals surface area contributed by atoms with Crippen LogP contribution in [0.4, 0.5) is 10.9 Å². The van der Waals surface area contributed by atoms with Crippen molar-refractivity contribution < 1.29 is 13.5 Å². The average Bonchev–Trinajstić information content (AvgIpc) is 3.31. The Hall–Kier alpha value is -2.61. The second-order valence-electron chi connectivity index (χ2n) is 6.76. The van der Waals surface area contributed by atoms with E-state index in [1.807, 2.05) is 0 Å². The first-order valence-electron chi connectivity index (χ1n) is 8.64. The largest absolute Gasteiger partial charge is 0.396 e. The van der Waals surface area contributed by atoms with Crippen molar-refractivity contribution in [1.29, 1.82) is 0 Å². The average molecular weight is 439 g/mol. The van der Waals surface area contributed by atoms with Gasteiger partial charge in [0.25, 0.3) is 0 Å². The maximum absolute atomic E-state index is 12.8. The van der Waals surface area contributed by atoms with E-state index in [-0.39, 0.29) is 23.7 Å². The lowest BCUT2D eigenvalue weighted by Gasteiger charge is -2.25. The predicted molar refractivity (Wildman–Crippen MR) is 110 cm³/mol. The topological polar surface area (TPSA) is 160 Å². The van der Waals surface area contributed by atoms with Gasteiger partial charge in [-0.25, -0.2) is 22.6 Å². The molecule has 0 aliphatic carbocycles. The van der Waals surface area contributed by atoms with Gasteiger partial charge in [0.2, 0.25) is 15.2 Å². The number of hydrogen-bond donors (Lipinski definition) is 4. The minimum atomic E-state index is -3.89. The summed E-state index contributed by atoms with van der Waals surface area (Å²) in [6, 6.07) is 1.67. The predicted octanol–water partition coefficient (Wildman–Crippen LogP) is 0.628. The van der Waals surface area contributed by atoms with E-state index in [0.717, 1.165) is 0 Å². The SMILES string of the molecule is C=CCC(C)(CO)CNS(=O)(=O)c1cnn2ccc(NCc3nnc(N)s3)nc12. The summed E-state index contributed by atoms with van der Waals surface area (Å²) in [6.45, 7) is 5.63. The molecule has 0 radical (unpaired) electrons. The molecule has 3 rings (SSSR count). The monoisotopic (exact) mass is 438 g/mol. The minimum absolute atomic E-state index is 0.0472. The van der Waals surface area contributed by atoms with Gasteiger partial charge in [0, 0.05) is 24.8 Å². The van der Waals surface area contributed by atoms with E-state index in [1.165, 1.54) is 22.0 Å². The molecule has 0 fully saturated rings. The fourth-order valence-electron chi connectivity index (χ4n) is 2.53. The molecule has 29 heavy (non-hydrogen) atoms. The lowest BCUT2D eigenvalue weighted by Crippen LogP contribution is -2.37. The van der Waals surface area contributed by atoms with Crippen molar-refractivity contribution in [3.05, 3.63) is 36.1 Å². The maximum atomic E-state index is 12.8. The molecule has 1 unspecified atom stereocenters. The van der Waals surface area contributed by atoms with Gasteiger partial charge in [0.15, 0.2) is 5.65 Å². The lowest BCUT2D eigenvalue weighted by molar-refractivity contribution is 0.148. The highest BCUT2D eigenvalue weighted by atomic mass is 32.2. The molecule has 0 saturated heterocycles. The molecule has 3 aromatic rings. The first-order chi connectivity index (χ1) is 13.8. The van der Waals surface area contributed by atoms with Gasteiger partial charge in [-0.15, -0.1) is 16.8 Å². The summed E-state index contributed by atoms with van der Waals surface area (Å²) in [5.74, 6) is 0.454. The molecule has 0 bridgehead atoms. The molecule has 3 aromatic heterocycles. The zero-order valence-electron chi connectivity index (χ0n) is 15.7. The summed E-state index contributed by atoms with van der Waals surface area (Å²) in [5.41, 5.74) is 5.08. The van der Waals surface area contributed by atoms with E-state index >= 15 is 0 Å². The van der Waals surface area contributed by atoms with Crippen LogP contribution in [0.3, 0.4) is 0 Å². The Morgan fingerprint density at radius 1 is 1.45 bits per heavy atom. The van der Waals surface area contributed by atoms with Gasteiger partial charge in [-0.2, -0.15) is 5.10 Å². The van der Waals surface area contributed by atoms with E-state index in [4.69, 9.17) is 5.73 Å². The van der Waals surface area contributed by atoms with Crippen LogP contribution in [-0.2, 0) is 16.6 Å². The fraction of sp³-hybridized carbons (Fsp3) is 0.375. The number of nitrogens with one attached hydrogen (secondary N) is 2. The zero-order chi connectivity index (χ0) is 21.1. The molecular formula is C16H22N8O3S2. The first kappa shape index (κ1) is 21.1. The number of nitrogens with two attached hydrogens (primary N) is 1. The van der Waals surface area contributed by atoms with Gasteiger partial charge in [-0.3, -0.25) is 0 Å². The third-order valence-electron chi connectivity index (χ3n) is 4.24. The lowest BCUT2D eigenvalue weighted by atomic mass is 9.88. The summed E-state index contributed by atoms with van der Waals surface area (Å²) in [5, 5.41) is 25.4. The summed E-state index contributed by atoms with van der Waals surface area (Å²) < 4.78 is 29.5. The highest BCUT2D eigenvalue weighted by Crippen LogP contribution is 2.22. The Morgan fingerprint density at radius 2 is 2.24 bits per heavy atom. The standard InChI is InChI=1S/C16H22N8O3S2/c1-3-5-16(2,10-25)9-20-29(26,27)11-7-19-24-6-4-12(21-14(11)24)18-8-13-22-23-15(17)28-13/h3-4,6-7,20,25H,1,5,8-10H2,2H3,(H2,17,23)(H,18,21). The Kier molecular flexibility index (Phi) is 6.12. The Balaban J connectivity index is 1.80. The van der Waals surface area contributed by atoms with Crippen molar-refractivity contribution in [2.75, 3.05) is 24.2 Å². The number of allylic oxidation sites excluding steroid dienone is 1. The smallest absolute Gasteiger partial charge is 0.245 e. The number of fused-ring (bicyclic) bond motifs is 1. The van der Waals surface area contributed by atoms with Crippen molar-refractivity contribution in [1.82, 2.24) is 29.5 Å². The second kappa shape index (κ2) is 8.41. The fourth-order valence-corrected chi connectivity index (χ4v) is 4.34. The van der Waals surface area contributed by atoms with Gasteiger partial charge in [-0.05, 0) is 12.5 Å². The van der Waals surface area contributed by atoms with E-state index in [2.05, 4.69) is 36.9 Å². The summed E-state index contributed by atoms with van der Waals surface area (Å²) in [4.78, 5) is 4.30. The van der Waals surface area contributed by atoms with Crippen LogP contribution in [-0.4, -0.2) is 51.5 Å². The van der Waals surface area contributed by atoms with Gasteiger partial charge in [0.1, 0.15) is 15.7 Å². The summed E-state index contributed by atoms with van der Waals surface area (Å²) in [7, 11) is -3.89. The molecule has 0 saturated carbocycles. The van der Waals surface area contributed by atoms with E-state index < -0.39 is 15.4 Å². The van der Waals surface area contributed by atoms with E-state index in [1.54, 1.807) is 25.3 Å². The van der Waals surface area contributed by atoms with Crippen LogP contribution < -0.4 is 15.8 Å². The Morgan fingerprint density at radius 3 is 2.90 bits per heavy atom. The normalized spacial score (nSPS) is 14.0. The third-order valence-corrected chi connectivity index (χ3v) is 6.38. The minimum Gasteiger partial charge on any atom is -0.396 e. The van der Waals surface area contributed by atoms with Gasteiger partial charge in [-0.1, -0.05) is 24.3 Å². The summed E-state index contributed by atoms with van der Waals surface area (Å²) >= 11 is 1.25. The molecule has 13 heteroatoms. The molecule has 0 amide bonds. The number of rotatable bonds is 10. The molecule has 0 aromatic carbocycles. The third kappa shape index (κ3) is 4.87. The maximum Gasteiger partial charge on any atom is 0.245 e. The quantitative estimate of drug-likeness (QED) is 0.333. The van der Waals surface area contributed by atoms with Crippen molar-refractivity contribution in [3.63, 3.8) is 0 Å². The van der Waals surface area contributed by atoms with Crippen LogP contribution >= 0.6 is 11.3 Å². The number of hydrogen-bond acceptors (Lipinski definition) is 10. The van der Waals surface area contributed by atoms with Crippen molar-refractivity contribution in [3.8, 4) is 0 Å². The van der Waals surface area contributed by atoms with Crippen LogP contribution in [0.25, 0.3) is 5.65 Å². The van der Waals surface area contributed by atoms with Crippen LogP contribution in [0.2, 0.25) is 0 Å². The second-order valence-corrected chi connectivity index (χ2v) is 9.59. The zero-order valence-corrected chi connectivity index (χ0v) is 17.4. The Bertz CT molecular complexity index is 1110. The van der Waals surface area contributed by atoms with Crippen LogP contribution in [0.15, 0.2) is 36.0 Å². The van der Waals surface area contributed by atoms with Crippen LogP contribution in [0.5, 0.6) is 0 Å².